The molecule has 0 aromatic rings. The van der Waals surface area contributed by atoms with Gasteiger partial charge in [-0.3, -0.25) is 4.79 Å². The lowest BCUT2D eigenvalue weighted by molar-refractivity contribution is -0.148. The predicted octanol–water partition coefficient (Wildman–Crippen LogP) is 0.0399. The molecule has 4 nitrogen and oxygen atoms in total. The summed E-state index contributed by atoms with van der Waals surface area (Å²) in [5, 5.41) is 0. The highest BCUT2D eigenvalue weighted by Gasteiger charge is 2.36. The van der Waals surface area contributed by atoms with Gasteiger partial charge < -0.3 is 15.2 Å². The Balaban J connectivity index is 2.23. The van der Waals surface area contributed by atoms with Gasteiger partial charge in [-0.15, -0.1) is 0 Å². The van der Waals surface area contributed by atoms with Gasteiger partial charge in [-0.1, -0.05) is 0 Å². The molecule has 1 saturated heterocycles. The van der Waals surface area contributed by atoms with Gasteiger partial charge in [-0.2, -0.15) is 0 Å². The minimum absolute atomic E-state index is 0.245. The van der Waals surface area contributed by atoms with Crippen molar-refractivity contribution in [2.24, 2.45) is 5.73 Å². The van der Waals surface area contributed by atoms with Crippen LogP contribution in [0.2, 0.25) is 0 Å². The summed E-state index contributed by atoms with van der Waals surface area (Å²) in [5.41, 5.74) is 5.25. The van der Waals surface area contributed by atoms with Crippen LogP contribution in [-0.2, 0) is 14.3 Å². The molecule has 1 rings (SSSR count). The standard InChI is InChI=1S/C6H10INO3/c7-4-11-5(9)1-6(8)2-10-3-6/h1-4,8H2. The van der Waals surface area contributed by atoms with Gasteiger partial charge in [-0.05, 0) is 22.6 Å². The van der Waals surface area contributed by atoms with Crippen molar-refractivity contribution in [2.75, 3.05) is 17.8 Å². The fourth-order valence-corrected chi connectivity index (χ4v) is 1.21. The quantitative estimate of drug-likeness (QED) is 0.447. The number of carbonyl (C=O) groups is 1. The number of hydrogen-bond acceptors (Lipinski definition) is 4. The van der Waals surface area contributed by atoms with E-state index in [4.69, 9.17) is 15.2 Å². The van der Waals surface area contributed by atoms with Crippen LogP contribution in [0.1, 0.15) is 6.42 Å². The SMILES string of the molecule is NC1(CC(=O)OCI)COC1. The Morgan fingerprint density at radius 3 is 2.73 bits per heavy atom. The fraction of sp³-hybridized carbons (Fsp3) is 0.833. The van der Waals surface area contributed by atoms with Crippen molar-refractivity contribution in [3.63, 3.8) is 0 Å². The van der Waals surface area contributed by atoms with E-state index in [0.717, 1.165) is 0 Å². The van der Waals surface area contributed by atoms with Crippen molar-refractivity contribution < 1.29 is 14.3 Å². The minimum Gasteiger partial charge on any atom is -0.455 e. The Hall–Kier alpha value is 0.120. The summed E-state index contributed by atoms with van der Waals surface area (Å²) in [4.78, 5) is 10.9. The zero-order valence-corrected chi connectivity index (χ0v) is 8.17. The summed E-state index contributed by atoms with van der Waals surface area (Å²) in [6.07, 6.45) is 0.260. The first-order chi connectivity index (χ1) is 5.16. The van der Waals surface area contributed by atoms with Crippen LogP contribution in [0, 0.1) is 0 Å². The van der Waals surface area contributed by atoms with Gasteiger partial charge in [0.15, 0.2) is 0 Å². The molecule has 1 fully saturated rings. The first-order valence-corrected chi connectivity index (χ1v) is 4.77. The normalized spacial score (nSPS) is 20.5. The van der Waals surface area contributed by atoms with Crippen molar-refractivity contribution in [1.29, 1.82) is 0 Å². The van der Waals surface area contributed by atoms with E-state index in [9.17, 15) is 4.79 Å². The Kier molecular flexibility index (Phi) is 3.08. The molecule has 0 bridgehead atoms. The number of carbonyl (C=O) groups excluding carboxylic acids is 1. The molecule has 1 aliphatic rings. The van der Waals surface area contributed by atoms with E-state index in [1.807, 2.05) is 22.6 Å². The third-order valence-corrected chi connectivity index (χ3v) is 1.80. The molecule has 0 aromatic heterocycles. The van der Waals surface area contributed by atoms with Crippen molar-refractivity contribution >= 4 is 28.6 Å². The van der Waals surface area contributed by atoms with Crippen LogP contribution < -0.4 is 5.73 Å². The molecule has 0 spiro atoms. The largest absolute Gasteiger partial charge is 0.455 e. The Morgan fingerprint density at radius 2 is 2.36 bits per heavy atom. The molecule has 1 heterocycles. The van der Waals surface area contributed by atoms with E-state index in [2.05, 4.69) is 0 Å². The summed E-state index contributed by atoms with van der Waals surface area (Å²) >= 11 is 1.97. The Bertz CT molecular complexity index is 158. The molecular formula is C6H10INO3. The average Bonchev–Trinajstić information content (AvgIpc) is 1.85. The molecule has 2 N–H and O–H groups in total. The van der Waals surface area contributed by atoms with Crippen molar-refractivity contribution in [3.8, 4) is 0 Å². The van der Waals surface area contributed by atoms with E-state index in [1.165, 1.54) is 0 Å². The molecule has 0 aliphatic carbocycles. The van der Waals surface area contributed by atoms with Crippen LogP contribution in [0.3, 0.4) is 0 Å². The van der Waals surface area contributed by atoms with Gasteiger partial charge in [0.05, 0.1) is 25.2 Å². The molecule has 0 saturated carbocycles. The molecule has 0 atom stereocenters. The summed E-state index contributed by atoms with van der Waals surface area (Å²) in [5.74, 6) is -0.245. The minimum atomic E-state index is -0.455. The number of nitrogens with two attached hydrogens (primary N) is 1. The van der Waals surface area contributed by atoms with Crippen LogP contribution in [0.15, 0.2) is 0 Å². The van der Waals surface area contributed by atoms with Crippen molar-refractivity contribution in [1.82, 2.24) is 0 Å². The van der Waals surface area contributed by atoms with Crippen molar-refractivity contribution in [3.05, 3.63) is 0 Å². The van der Waals surface area contributed by atoms with Crippen LogP contribution >= 0.6 is 22.6 Å². The zero-order chi connectivity index (χ0) is 8.32. The molecule has 11 heavy (non-hydrogen) atoms. The lowest BCUT2D eigenvalue weighted by Gasteiger charge is -2.36. The van der Waals surface area contributed by atoms with Crippen molar-refractivity contribution in [2.45, 2.75) is 12.0 Å². The topological polar surface area (TPSA) is 61.6 Å². The molecule has 0 aromatic carbocycles. The maximum Gasteiger partial charge on any atom is 0.308 e. The van der Waals surface area contributed by atoms with E-state index < -0.39 is 5.54 Å². The summed E-state index contributed by atoms with van der Waals surface area (Å²) in [7, 11) is 0. The van der Waals surface area contributed by atoms with Gasteiger partial charge in [0.25, 0.3) is 0 Å². The fourth-order valence-electron chi connectivity index (χ4n) is 0.866. The third-order valence-electron chi connectivity index (χ3n) is 1.49. The summed E-state index contributed by atoms with van der Waals surface area (Å²) < 4.78 is 9.99. The highest BCUT2D eigenvalue weighted by atomic mass is 127. The van der Waals surface area contributed by atoms with E-state index in [-0.39, 0.29) is 12.4 Å². The van der Waals surface area contributed by atoms with E-state index in [0.29, 0.717) is 17.8 Å². The second-order valence-corrected chi connectivity index (χ2v) is 3.28. The lowest BCUT2D eigenvalue weighted by atomic mass is 9.95. The molecule has 0 amide bonds. The van der Waals surface area contributed by atoms with Gasteiger partial charge >= 0.3 is 5.97 Å². The van der Waals surface area contributed by atoms with Gasteiger partial charge in [0.2, 0.25) is 0 Å². The number of hydrogen-bond donors (Lipinski definition) is 1. The van der Waals surface area contributed by atoms with Crippen LogP contribution in [0.4, 0.5) is 0 Å². The number of esters is 1. The number of rotatable bonds is 3. The summed E-state index contributed by atoms with van der Waals surface area (Å²) in [6.45, 7) is 0.923. The first kappa shape index (κ1) is 9.21. The Labute approximate surface area is 78.5 Å². The van der Waals surface area contributed by atoms with Crippen LogP contribution in [-0.4, -0.2) is 29.3 Å². The predicted molar refractivity (Wildman–Crippen MR) is 47.3 cm³/mol. The molecule has 5 heteroatoms. The third kappa shape index (κ3) is 2.57. The van der Waals surface area contributed by atoms with Crippen LogP contribution in [0.25, 0.3) is 0 Å². The number of halogens is 1. The molecule has 1 aliphatic heterocycles. The summed E-state index contributed by atoms with van der Waals surface area (Å²) in [6, 6.07) is 0. The maximum atomic E-state index is 10.9. The van der Waals surface area contributed by atoms with Gasteiger partial charge in [-0.25, -0.2) is 0 Å². The monoisotopic (exact) mass is 271 g/mol. The second kappa shape index (κ2) is 3.68. The zero-order valence-electron chi connectivity index (χ0n) is 6.01. The van der Waals surface area contributed by atoms with E-state index >= 15 is 0 Å². The maximum absolute atomic E-state index is 10.9. The molecular weight excluding hydrogens is 261 g/mol. The molecule has 0 unspecified atom stereocenters. The van der Waals surface area contributed by atoms with E-state index in [1.54, 1.807) is 0 Å². The molecule has 64 valence electrons. The highest BCUT2D eigenvalue weighted by molar-refractivity contribution is 14.1. The number of alkyl halides is 1. The van der Waals surface area contributed by atoms with Gasteiger partial charge in [0, 0.05) is 0 Å². The number of ether oxygens (including phenoxy) is 2. The lowest BCUT2D eigenvalue weighted by Crippen LogP contribution is -2.58. The Morgan fingerprint density at radius 1 is 1.73 bits per heavy atom. The molecule has 0 radical (unpaired) electrons. The average molecular weight is 271 g/mol. The highest BCUT2D eigenvalue weighted by Crippen LogP contribution is 2.18. The first-order valence-electron chi connectivity index (χ1n) is 3.24. The van der Waals surface area contributed by atoms with Gasteiger partial charge in [0.1, 0.15) is 4.61 Å². The second-order valence-electron chi connectivity index (χ2n) is 2.66. The van der Waals surface area contributed by atoms with Crippen LogP contribution in [0.5, 0.6) is 0 Å². The smallest absolute Gasteiger partial charge is 0.308 e.